The minimum atomic E-state index is 0.0315. The standard InChI is InChI=1S/C26H29N5O/c1-16-11-19(12-17(2)23(16)31-9-7-27-8-10-31)21-13-18(3-6-28-21)22-14-20-24(30-22)26(4-5-26)15-29-25(20)32/h3,6,11-14,27,30H,4-5,7-10,15H2,1-2H3,(H,29,32). The maximum atomic E-state index is 12.4. The van der Waals surface area contributed by atoms with Gasteiger partial charge in [0, 0.05) is 72.5 Å². The average molecular weight is 428 g/mol. The molecule has 3 N–H and O–H groups in total. The van der Waals surface area contributed by atoms with Gasteiger partial charge < -0.3 is 20.5 Å². The molecule has 3 aliphatic rings. The van der Waals surface area contributed by atoms with Gasteiger partial charge in [-0.3, -0.25) is 9.78 Å². The molecule has 0 bridgehead atoms. The van der Waals surface area contributed by atoms with Crippen molar-refractivity contribution in [3.05, 3.63) is 58.9 Å². The Labute approximate surface area is 188 Å². The number of aromatic amines is 1. The van der Waals surface area contributed by atoms with E-state index in [-0.39, 0.29) is 11.3 Å². The summed E-state index contributed by atoms with van der Waals surface area (Å²) in [6.45, 7) is 9.29. The minimum Gasteiger partial charge on any atom is -0.369 e. The fraction of sp³-hybridized carbons (Fsp3) is 0.385. The van der Waals surface area contributed by atoms with Crippen LogP contribution in [-0.2, 0) is 5.41 Å². The molecular weight excluding hydrogens is 398 g/mol. The van der Waals surface area contributed by atoms with Crippen molar-refractivity contribution < 1.29 is 4.79 Å². The number of pyridine rings is 1. The van der Waals surface area contributed by atoms with E-state index >= 15 is 0 Å². The first-order chi connectivity index (χ1) is 15.5. The molecule has 0 radical (unpaired) electrons. The van der Waals surface area contributed by atoms with Gasteiger partial charge >= 0.3 is 0 Å². The highest BCUT2D eigenvalue weighted by atomic mass is 16.1. The number of anilines is 1. The Balaban J connectivity index is 1.36. The van der Waals surface area contributed by atoms with Crippen LogP contribution in [0.5, 0.6) is 0 Å². The van der Waals surface area contributed by atoms with Crippen molar-refractivity contribution in [2.75, 3.05) is 37.6 Å². The first-order valence-electron chi connectivity index (χ1n) is 11.6. The maximum absolute atomic E-state index is 12.4. The molecule has 1 saturated carbocycles. The van der Waals surface area contributed by atoms with Crippen LogP contribution in [0, 0.1) is 13.8 Å². The maximum Gasteiger partial charge on any atom is 0.253 e. The van der Waals surface area contributed by atoms with Crippen molar-refractivity contribution in [1.82, 2.24) is 20.6 Å². The fourth-order valence-corrected chi connectivity index (χ4v) is 5.47. The number of nitrogens with zero attached hydrogens (tertiary/aromatic N) is 2. The third kappa shape index (κ3) is 3.13. The number of aromatic nitrogens is 2. The van der Waals surface area contributed by atoms with Gasteiger partial charge in [-0.05, 0) is 68.1 Å². The predicted molar refractivity (Wildman–Crippen MR) is 127 cm³/mol. The van der Waals surface area contributed by atoms with Crippen molar-refractivity contribution >= 4 is 11.6 Å². The fourth-order valence-electron chi connectivity index (χ4n) is 5.47. The second-order valence-electron chi connectivity index (χ2n) is 9.56. The summed E-state index contributed by atoms with van der Waals surface area (Å²) in [7, 11) is 0. The third-order valence-corrected chi connectivity index (χ3v) is 7.32. The number of nitrogens with one attached hydrogen (secondary N) is 3. The molecule has 6 rings (SSSR count). The molecule has 32 heavy (non-hydrogen) atoms. The van der Waals surface area contributed by atoms with E-state index in [1.165, 1.54) is 16.8 Å². The lowest BCUT2D eigenvalue weighted by Crippen LogP contribution is -2.44. The van der Waals surface area contributed by atoms with E-state index in [0.717, 1.165) is 79.3 Å². The van der Waals surface area contributed by atoms with E-state index in [4.69, 9.17) is 0 Å². The Morgan fingerprint density at radius 1 is 1.00 bits per heavy atom. The molecule has 1 saturated heterocycles. The largest absolute Gasteiger partial charge is 0.369 e. The number of H-pyrrole nitrogens is 1. The molecule has 3 aromatic rings. The first-order valence-corrected chi connectivity index (χ1v) is 11.6. The average Bonchev–Trinajstić information content (AvgIpc) is 3.43. The molecule has 6 heteroatoms. The molecule has 2 aliphatic heterocycles. The Hall–Kier alpha value is -3.12. The Morgan fingerprint density at radius 3 is 2.47 bits per heavy atom. The number of hydrogen-bond donors (Lipinski definition) is 3. The monoisotopic (exact) mass is 427 g/mol. The number of benzene rings is 1. The van der Waals surface area contributed by atoms with Gasteiger partial charge in [0.15, 0.2) is 0 Å². The lowest BCUT2D eigenvalue weighted by atomic mass is 9.95. The second-order valence-corrected chi connectivity index (χ2v) is 9.56. The zero-order valence-corrected chi connectivity index (χ0v) is 18.7. The van der Waals surface area contributed by atoms with Crippen molar-refractivity contribution in [2.24, 2.45) is 0 Å². The molecule has 0 unspecified atom stereocenters. The van der Waals surface area contributed by atoms with Crippen LogP contribution in [0.25, 0.3) is 22.5 Å². The molecule has 0 atom stereocenters. The number of carbonyl (C=O) groups is 1. The third-order valence-electron chi connectivity index (χ3n) is 7.32. The summed E-state index contributed by atoms with van der Waals surface area (Å²) in [6.07, 6.45) is 4.14. The summed E-state index contributed by atoms with van der Waals surface area (Å²) in [6, 6.07) is 10.7. The summed E-state index contributed by atoms with van der Waals surface area (Å²) in [4.78, 5) is 23.2. The number of amides is 1. The topological polar surface area (TPSA) is 73.0 Å². The van der Waals surface area contributed by atoms with Crippen LogP contribution in [0.3, 0.4) is 0 Å². The van der Waals surface area contributed by atoms with Gasteiger partial charge in [0.05, 0.1) is 11.3 Å². The number of hydrogen-bond acceptors (Lipinski definition) is 4. The highest BCUT2D eigenvalue weighted by Crippen LogP contribution is 2.50. The van der Waals surface area contributed by atoms with Crippen molar-refractivity contribution in [3.8, 4) is 22.5 Å². The van der Waals surface area contributed by atoms with Gasteiger partial charge in [-0.1, -0.05) is 0 Å². The molecule has 1 aliphatic carbocycles. The molecule has 1 spiro atoms. The van der Waals surface area contributed by atoms with Crippen LogP contribution >= 0.6 is 0 Å². The van der Waals surface area contributed by atoms with E-state index in [0.29, 0.717) is 0 Å². The summed E-state index contributed by atoms with van der Waals surface area (Å²) in [5.74, 6) is 0.0315. The van der Waals surface area contributed by atoms with Gasteiger partial charge in [-0.25, -0.2) is 0 Å². The summed E-state index contributed by atoms with van der Waals surface area (Å²) >= 11 is 0. The quantitative estimate of drug-likeness (QED) is 0.598. The molecule has 6 nitrogen and oxygen atoms in total. The summed E-state index contributed by atoms with van der Waals surface area (Å²) < 4.78 is 0. The molecule has 2 fully saturated rings. The summed E-state index contributed by atoms with van der Waals surface area (Å²) in [5.41, 5.74) is 10.1. The van der Waals surface area contributed by atoms with Gasteiger partial charge in [0.25, 0.3) is 5.91 Å². The zero-order valence-electron chi connectivity index (χ0n) is 18.7. The minimum absolute atomic E-state index is 0.0315. The van der Waals surface area contributed by atoms with Crippen molar-refractivity contribution in [1.29, 1.82) is 0 Å². The van der Waals surface area contributed by atoms with Crippen LogP contribution in [0.2, 0.25) is 0 Å². The van der Waals surface area contributed by atoms with E-state index in [1.54, 1.807) is 0 Å². The van der Waals surface area contributed by atoms with Crippen molar-refractivity contribution in [2.45, 2.75) is 32.1 Å². The van der Waals surface area contributed by atoms with Gasteiger partial charge in [0.1, 0.15) is 0 Å². The highest BCUT2D eigenvalue weighted by Gasteiger charge is 2.50. The number of piperazine rings is 1. The van der Waals surface area contributed by atoms with Crippen LogP contribution in [0.15, 0.2) is 36.5 Å². The van der Waals surface area contributed by atoms with Crippen LogP contribution in [0.1, 0.15) is 40.0 Å². The number of aryl methyl sites for hydroxylation is 2. The molecule has 4 heterocycles. The number of fused-ring (bicyclic) bond motifs is 2. The zero-order chi connectivity index (χ0) is 21.9. The Kier molecular flexibility index (Phi) is 4.40. The lowest BCUT2D eigenvalue weighted by Gasteiger charge is -2.32. The second kappa shape index (κ2) is 7.20. The SMILES string of the molecule is Cc1cc(-c2cc(-c3cc4c([nH]3)C3(CC3)CNC4=O)ccn2)cc(C)c1N1CCNCC1. The normalized spacial score (nSPS) is 19.1. The molecular formula is C26H29N5O. The predicted octanol–water partition coefficient (Wildman–Crippen LogP) is 3.55. The molecule has 1 aromatic carbocycles. The lowest BCUT2D eigenvalue weighted by molar-refractivity contribution is 0.0937. The van der Waals surface area contributed by atoms with Gasteiger partial charge in [0.2, 0.25) is 0 Å². The van der Waals surface area contributed by atoms with Crippen LogP contribution < -0.4 is 15.5 Å². The van der Waals surface area contributed by atoms with Gasteiger partial charge in [-0.2, -0.15) is 0 Å². The Morgan fingerprint density at radius 2 is 1.75 bits per heavy atom. The van der Waals surface area contributed by atoms with E-state index < -0.39 is 0 Å². The highest BCUT2D eigenvalue weighted by molar-refractivity contribution is 5.99. The van der Waals surface area contributed by atoms with E-state index in [9.17, 15) is 4.79 Å². The number of rotatable bonds is 3. The van der Waals surface area contributed by atoms with Gasteiger partial charge in [-0.15, -0.1) is 0 Å². The van der Waals surface area contributed by atoms with Crippen molar-refractivity contribution in [3.63, 3.8) is 0 Å². The van der Waals surface area contributed by atoms with E-state index in [1.807, 2.05) is 18.3 Å². The van der Waals surface area contributed by atoms with E-state index in [2.05, 4.69) is 57.5 Å². The number of carbonyl (C=O) groups excluding carboxylic acids is 1. The Bertz CT molecular complexity index is 1190. The first kappa shape index (κ1) is 19.6. The molecule has 164 valence electrons. The summed E-state index contributed by atoms with van der Waals surface area (Å²) in [5, 5.41) is 6.49. The van der Waals surface area contributed by atoms with Crippen LogP contribution in [-0.4, -0.2) is 48.6 Å². The molecule has 2 aromatic heterocycles. The molecule has 1 amide bonds. The van der Waals surface area contributed by atoms with Crippen LogP contribution in [0.4, 0.5) is 5.69 Å². The smallest absolute Gasteiger partial charge is 0.253 e.